The summed E-state index contributed by atoms with van der Waals surface area (Å²) in [6.07, 6.45) is 0.714. The number of anilines is 1. The molecular formula is C20H21ClN2O3S. The summed E-state index contributed by atoms with van der Waals surface area (Å²) >= 11 is 12.0. The SMILES string of the molecule is CCOc1cccc2c1O[C@]1(C)C[C@@H]2NC(=S)N1c1cc(Cl)ccc1OC. The van der Waals surface area contributed by atoms with Crippen LogP contribution in [0.3, 0.4) is 0 Å². The Bertz CT molecular complexity index is 907. The molecule has 2 aromatic rings. The van der Waals surface area contributed by atoms with Crippen molar-refractivity contribution in [3.63, 3.8) is 0 Å². The minimum Gasteiger partial charge on any atom is -0.495 e. The van der Waals surface area contributed by atoms with Gasteiger partial charge in [-0.15, -0.1) is 0 Å². The fraction of sp³-hybridized carbons (Fsp3) is 0.350. The van der Waals surface area contributed by atoms with Gasteiger partial charge in [-0.25, -0.2) is 0 Å². The third-order valence-corrected chi connectivity index (χ3v) is 5.48. The van der Waals surface area contributed by atoms with Crippen LogP contribution in [0.15, 0.2) is 36.4 Å². The number of halogens is 1. The molecule has 4 rings (SSSR count). The van der Waals surface area contributed by atoms with Gasteiger partial charge in [0.05, 0.1) is 25.4 Å². The zero-order valence-corrected chi connectivity index (χ0v) is 17.0. The fourth-order valence-corrected chi connectivity index (χ4v) is 4.43. The molecule has 2 aromatic carbocycles. The van der Waals surface area contributed by atoms with E-state index in [1.807, 2.05) is 49.1 Å². The second-order valence-electron chi connectivity index (χ2n) is 6.74. The molecule has 2 aliphatic rings. The maximum atomic E-state index is 6.53. The van der Waals surface area contributed by atoms with Gasteiger partial charge in [0, 0.05) is 17.0 Å². The van der Waals surface area contributed by atoms with E-state index in [-0.39, 0.29) is 6.04 Å². The summed E-state index contributed by atoms with van der Waals surface area (Å²) in [5.41, 5.74) is 1.12. The molecular weight excluding hydrogens is 384 g/mol. The number of nitrogens with one attached hydrogen (secondary N) is 1. The number of nitrogens with zero attached hydrogens (tertiary/aromatic N) is 1. The van der Waals surface area contributed by atoms with E-state index in [0.717, 1.165) is 22.7 Å². The van der Waals surface area contributed by atoms with Crippen molar-refractivity contribution >= 4 is 34.6 Å². The van der Waals surface area contributed by atoms with Crippen molar-refractivity contribution in [1.82, 2.24) is 5.32 Å². The smallest absolute Gasteiger partial charge is 0.188 e. The van der Waals surface area contributed by atoms with Gasteiger partial charge >= 0.3 is 0 Å². The van der Waals surface area contributed by atoms with Crippen LogP contribution in [0.25, 0.3) is 0 Å². The fourth-order valence-electron chi connectivity index (χ4n) is 3.83. The van der Waals surface area contributed by atoms with Crippen LogP contribution in [0, 0.1) is 0 Å². The van der Waals surface area contributed by atoms with Crippen LogP contribution in [0.4, 0.5) is 5.69 Å². The summed E-state index contributed by atoms with van der Waals surface area (Å²) in [5, 5.41) is 4.61. The monoisotopic (exact) mass is 404 g/mol. The highest BCUT2D eigenvalue weighted by molar-refractivity contribution is 7.80. The Morgan fingerprint density at radius 1 is 1.33 bits per heavy atom. The third-order valence-electron chi connectivity index (χ3n) is 4.95. The topological polar surface area (TPSA) is 43.0 Å². The van der Waals surface area contributed by atoms with E-state index in [4.69, 9.17) is 38.0 Å². The Hall–Kier alpha value is -2.18. The molecule has 0 aliphatic carbocycles. The lowest BCUT2D eigenvalue weighted by Gasteiger charge is -2.52. The lowest BCUT2D eigenvalue weighted by molar-refractivity contribution is 0.0453. The molecule has 2 aliphatic heterocycles. The number of benzene rings is 2. The molecule has 0 saturated carbocycles. The highest BCUT2D eigenvalue weighted by Gasteiger charge is 2.49. The van der Waals surface area contributed by atoms with E-state index >= 15 is 0 Å². The van der Waals surface area contributed by atoms with Crippen molar-refractivity contribution in [2.45, 2.75) is 32.0 Å². The number of para-hydroxylation sites is 1. The molecule has 5 nitrogen and oxygen atoms in total. The zero-order chi connectivity index (χ0) is 19.2. The van der Waals surface area contributed by atoms with Crippen molar-refractivity contribution in [3.8, 4) is 17.2 Å². The van der Waals surface area contributed by atoms with E-state index in [2.05, 4.69) is 5.32 Å². The summed E-state index contributed by atoms with van der Waals surface area (Å²) in [4.78, 5) is 1.94. The van der Waals surface area contributed by atoms with Gasteiger partial charge in [-0.2, -0.15) is 0 Å². The molecule has 0 radical (unpaired) electrons. The average Bonchev–Trinajstić information content (AvgIpc) is 2.62. The molecule has 7 heteroatoms. The van der Waals surface area contributed by atoms with Gasteiger partial charge < -0.3 is 19.5 Å². The Balaban J connectivity index is 1.83. The van der Waals surface area contributed by atoms with E-state index in [1.165, 1.54) is 0 Å². The molecule has 0 amide bonds. The van der Waals surface area contributed by atoms with Crippen LogP contribution in [0.2, 0.25) is 5.02 Å². The van der Waals surface area contributed by atoms with Crippen LogP contribution in [-0.2, 0) is 0 Å². The standard InChI is InChI=1S/C20H21ClN2O3S/c1-4-25-17-7-5-6-13-14-11-20(2,26-18(13)17)23(19(27)22-14)15-10-12(21)8-9-16(15)24-3/h5-10,14H,4,11H2,1-3H3,(H,22,27)/t14-,20+/m0/s1. The summed E-state index contributed by atoms with van der Waals surface area (Å²) in [5.74, 6) is 2.16. The first-order chi connectivity index (χ1) is 13.0. The molecule has 27 heavy (non-hydrogen) atoms. The highest BCUT2D eigenvalue weighted by Crippen LogP contribution is 2.50. The zero-order valence-electron chi connectivity index (χ0n) is 15.4. The van der Waals surface area contributed by atoms with Crippen molar-refractivity contribution < 1.29 is 14.2 Å². The van der Waals surface area contributed by atoms with E-state index < -0.39 is 5.72 Å². The first kappa shape index (κ1) is 18.2. The number of hydrogen-bond acceptors (Lipinski definition) is 4. The molecule has 1 saturated heterocycles. The summed E-state index contributed by atoms with van der Waals surface area (Å²) in [7, 11) is 1.63. The Morgan fingerprint density at radius 2 is 2.15 bits per heavy atom. The van der Waals surface area contributed by atoms with Gasteiger partial charge in [-0.1, -0.05) is 23.7 Å². The number of rotatable bonds is 4. The van der Waals surface area contributed by atoms with Crippen molar-refractivity contribution in [1.29, 1.82) is 0 Å². The summed E-state index contributed by atoms with van der Waals surface area (Å²) < 4.78 is 17.9. The maximum Gasteiger partial charge on any atom is 0.188 e. The van der Waals surface area contributed by atoms with Crippen molar-refractivity contribution in [3.05, 3.63) is 47.0 Å². The average molecular weight is 405 g/mol. The van der Waals surface area contributed by atoms with Gasteiger partial charge in [0.1, 0.15) is 5.75 Å². The lowest BCUT2D eigenvalue weighted by atomic mass is 9.90. The largest absolute Gasteiger partial charge is 0.495 e. The number of methoxy groups -OCH3 is 1. The quantitative estimate of drug-likeness (QED) is 0.746. The number of fused-ring (bicyclic) bond motifs is 4. The van der Waals surface area contributed by atoms with Gasteiger partial charge in [0.15, 0.2) is 22.3 Å². The number of ether oxygens (including phenoxy) is 3. The van der Waals surface area contributed by atoms with E-state index in [0.29, 0.717) is 28.9 Å². The van der Waals surface area contributed by atoms with Gasteiger partial charge in [-0.05, 0) is 50.3 Å². The lowest BCUT2D eigenvalue weighted by Crippen LogP contribution is -2.65. The second-order valence-corrected chi connectivity index (χ2v) is 7.57. The Kier molecular flexibility index (Phi) is 4.56. The molecule has 2 atom stereocenters. The van der Waals surface area contributed by atoms with E-state index in [1.54, 1.807) is 13.2 Å². The molecule has 2 bridgehead atoms. The van der Waals surface area contributed by atoms with Crippen LogP contribution < -0.4 is 24.4 Å². The molecule has 0 aromatic heterocycles. The van der Waals surface area contributed by atoms with Crippen LogP contribution in [-0.4, -0.2) is 24.6 Å². The van der Waals surface area contributed by atoms with Crippen molar-refractivity contribution in [2.24, 2.45) is 0 Å². The molecule has 1 fully saturated rings. The van der Waals surface area contributed by atoms with Gasteiger partial charge in [-0.3, -0.25) is 4.90 Å². The minimum atomic E-state index is -0.703. The minimum absolute atomic E-state index is 0.0492. The van der Waals surface area contributed by atoms with Gasteiger partial charge in [0.25, 0.3) is 0 Å². The predicted molar refractivity (Wildman–Crippen MR) is 110 cm³/mol. The van der Waals surface area contributed by atoms with E-state index in [9.17, 15) is 0 Å². The molecule has 0 spiro atoms. The van der Waals surface area contributed by atoms with Gasteiger partial charge in [0.2, 0.25) is 0 Å². The predicted octanol–water partition coefficient (Wildman–Crippen LogP) is 4.68. The normalized spacial score (nSPS) is 23.2. The second kappa shape index (κ2) is 6.77. The third kappa shape index (κ3) is 2.97. The molecule has 2 heterocycles. The molecule has 1 N–H and O–H groups in total. The van der Waals surface area contributed by atoms with Crippen LogP contribution in [0.5, 0.6) is 17.2 Å². The first-order valence-electron chi connectivity index (χ1n) is 8.86. The molecule has 0 unspecified atom stereocenters. The summed E-state index contributed by atoms with van der Waals surface area (Å²) in [6, 6.07) is 11.5. The Morgan fingerprint density at radius 3 is 2.89 bits per heavy atom. The van der Waals surface area contributed by atoms with Crippen LogP contribution in [0.1, 0.15) is 31.9 Å². The number of thiocarbonyl (C=S) groups is 1. The van der Waals surface area contributed by atoms with Crippen LogP contribution >= 0.6 is 23.8 Å². The number of hydrogen-bond donors (Lipinski definition) is 1. The Labute approximate surface area is 169 Å². The highest BCUT2D eigenvalue weighted by atomic mass is 35.5. The molecule has 142 valence electrons. The van der Waals surface area contributed by atoms with Crippen molar-refractivity contribution in [2.75, 3.05) is 18.6 Å². The first-order valence-corrected chi connectivity index (χ1v) is 9.64. The maximum absolute atomic E-state index is 6.53. The summed E-state index contributed by atoms with van der Waals surface area (Å²) in [6.45, 7) is 4.55.